The van der Waals surface area contributed by atoms with Gasteiger partial charge in [-0.3, -0.25) is 9.80 Å². The van der Waals surface area contributed by atoms with Gasteiger partial charge in [-0.2, -0.15) is 0 Å². The molecule has 0 N–H and O–H groups in total. The monoisotopic (exact) mass is 366 g/mol. The van der Waals surface area contributed by atoms with Gasteiger partial charge < -0.3 is 0 Å². The molecule has 2 aromatic carbocycles. The molecule has 2 aliphatic heterocycles. The summed E-state index contributed by atoms with van der Waals surface area (Å²) in [5, 5.41) is 0. The van der Waals surface area contributed by atoms with Crippen molar-refractivity contribution < 1.29 is 4.39 Å². The van der Waals surface area contributed by atoms with Crippen LogP contribution in [0.1, 0.15) is 42.4 Å². The van der Waals surface area contributed by atoms with Crippen LogP contribution in [-0.2, 0) is 13.1 Å². The van der Waals surface area contributed by atoms with Crippen LogP contribution in [0.2, 0.25) is 0 Å². The molecule has 1 spiro atoms. The second-order valence-corrected chi connectivity index (χ2v) is 8.70. The van der Waals surface area contributed by atoms with Crippen molar-refractivity contribution >= 4 is 0 Å². The Morgan fingerprint density at radius 2 is 1.37 bits per heavy atom. The van der Waals surface area contributed by atoms with Crippen molar-refractivity contribution in [3.8, 4) is 0 Å². The van der Waals surface area contributed by atoms with Gasteiger partial charge in [0.1, 0.15) is 5.82 Å². The van der Waals surface area contributed by atoms with Gasteiger partial charge in [0.15, 0.2) is 0 Å². The first-order valence-electron chi connectivity index (χ1n) is 10.4. The van der Waals surface area contributed by atoms with Crippen LogP contribution in [0.15, 0.2) is 48.5 Å². The summed E-state index contributed by atoms with van der Waals surface area (Å²) in [6.07, 6.45) is 5.28. The molecule has 0 bridgehead atoms. The molecule has 0 radical (unpaired) electrons. The van der Waals surface area contributed by atoms with Gasteiger partial charge >= 0.3 is 0 Å². The van der Waals surface area contributed by atoms with Gasteiger partial charge in [-0.05, 0) is 80.9 Å². The van der Waals surface area contributed by atoms with Crippen molar-refractivity contribution in [3.05, 3.63) is 71.0 Å². The van der Waals surface area contributed by atoms with E-state index in [1.165, 1.54) is 55.5 Å². The highest BCUT2D eigenvalue weighted by molar-refractivity contribution is 5.21. The quantitative estimate of drug-likeness (QED) is 0.750. The standard InChI is InChI=1S/C24H31FN2/c1-20-3-5-21(6-4-20)18-27-14-2-11-24(19-27)12-15-26(16-13-24)17-22-7-9-23(25)10-8-22/h3-10H,2,11-19H2,1H3. The minimum atomic E-state index is -0.146. The minimum Gasteiger partial charge on any atom is -0.299 e. The molecule has 0 amide bonds. The van der Waals surface area contributed by atoms with Crippen LogP contribution in [0.3, 0.4) is 0 Å². The third-order valence-electron chi connectivity index (χ3n) is 6.50. The maximum atomic E-state index is 13.1. The fourth-order valence-electron chi connectivity index (χ4n) is 4.84. The fourth-order valence-corrected chi connectivity index (χ4v) is 4.84. The van der Waals surface area contributed by atoms with Crippen molar-refractivity contribution in [2.45, 2.75) is 45.7 Å². The molecule has 27 heavy (non-hydrogen) atoms. The van der Waals surface area contributed by atoms with Crippen LogP contribution in [-0.4, -0.2) is 36.0 Å². The molecular formula is C24H31FN2. The predicted octanol–water partition coefficient (Wildman–Crippen LogP) is 5.01. The van der Waals surface area contributed by atoms with Gasteiger partial charge in [0.05, 0.1) is 0 Å². The van der Waals surface area contributed by atoms with Gasteiger partial charge in [0.25, 0.3) is 0 Å². The molecule has 2 aliphatic rings. The number of benzene rings is 2. The van der Waals surface area contributed by atoms with Gasteiger partial charge in [0.2, 0.25) is 0 Å². The summed E-state index contributed by atoms with van der Waals surface area (Å²) in [5.74, 6) is -0.146. The van der Waals surface area contributed by atoms with E-state index < -0.39 is 0 Å². The summed E-state index contributed by atoms with van der Waals surface area (Å²) in [5.41, 5.74) is 4.49. The minimum absolute atomic E-state index is 0.146. The van der Waals surface area contributed by atoms with Crippen molar-refractivity contribution in [2.75, 3.05) is 26.2 Å². The van der Waals surface area contributed by atoms with Gasteiger partial charge in [0, 0.05) is 19.6 Å². The summed E-state index contributed by atoms with van der Waals surface area (Å²) >= 11 is 0. The number of hydrogen-bond acceptors (Lipinski definition) is 2. The van der Waals surface area contributed by atoms with Crippen LogP contribution in [0.5, 0.6) is 0 Å². The molecule has 144 valence electrons. The number of nitrogens with zero attached hydrogens (tertiary/aromatic N) is 2. The Morgan fingerprint density at radius 1 is 0.778 bits per heavy atom. The Bertz CT molecular complexity index is 730. The van der Waals surface area contributed by atoms with E-state index in [1.807, 2.05) is 12.1 Å². The summed E-state index contributed by atoms with van der Waals surface area (Å²) in [7, 11) is 0. The number of aryl methyl sites for hydroxylation is 1. The Balaban J connectivity index is 1.31. The molecule has 0 aliphatic carbocycles. The lowest BCUT2D eigenvalue weighted by molar-refractivity contribution is 0.0185. The van der Waals surface area contributed by atoms with Crippen LogP contribution < -0.4 is 0 Å². The van der Waals surface area contributed by atoms with Gasteiger partial charge in [-0.15, -0.1) is 0 Å². The molecule has 4 rings (SSSR count). The summed E-state index contributed by atoms with van der Waals surface area (Å²) in [6.45, 7) is 8.98. The van der Waals surface area contributed by atoms with Crippen molar-refractivity contribution in [1.29, 1.82) is 0 Å². The molecule has 0 aromatic heterocycles. The van der Waals surface area contributed by atoms with E-state index in [9.17, 15) is 4.39 Å². The van der Waals surface area contributed by atoms with E-state index in [4.69, 9.17) is 0 Å². The smallest absolute Gasteiger partial charge is 0.123 e. The SMILES string of the molecule is Cc1ccc(CN2CCCC3(CCN(Cc4ccc(F)cc4)CC3)C2)cc1. The lowest BCUT2D eigenvalue weighted by Crippen LogP contribution is -2.49. The zero-order chi connectivity index (χ0) is 18.7. The largest absolute Gasteiger partial charge is 0.299 e. The molecule has 2 fully saturated rings. The maximum absolute atomic E-state index is 13.1. The molecule has 0 unspecified atom stereocenters. The van der Waals surface area contributed by atoms with Crippen LogP contribution in [0.4, 0.5) is 4.39 Å². The Labute approximate surface area is 163 Å². The first-order chi connectivity index (χ1) is 13.1. The first-order valence-corrected chi connectivity index (χ1v) is 10.4. The van der Waals surface area contributed by atoms with Crippen molar-refractivity contribution in [2.24, 2.45) is 5.41 Å². The summed E-state index contributed by atoms with van der Waals surface area (Å²) < 4.78 is 13.1. The molecule has 0 atom stereocenters. The molecule has 2 heterocycles. The highest BCUT2D eigenvalue weighted by atomic mass is 19.1. The molecule has 3 heteroatoms. The van der Waals surface area contributed by atoms with Crippen molar-refractivity contribution in [1.82, 2.24) is 9.80 Å². The number of hydrogen-bond donors (Lipinski definition) is 0. The van der Waals surface area contributed by atoms with Gasteiger partial charge in [-0.25, -0.2) is 4.39 Å². The van der Waals surface area contributed by atoms with E-state index in [2.05, 4.69) is 41.0 Å². The maximum Gasteiger partial charge on any atom is 0.123 e. The Hall–Kier alpha value is -1.71. The summed E-state index contributed by atoms with van der Waals surface area (Å²) in [6, 6.07) is 16.0. The normalized spacial score (nSPS) is 20.8. The molecule has 2 nitrogen and oxygen atoms in total. The highest BCUT2D eigenvalue weighted by Gasteiger charge is 2.38. The number of likely N-dealkylation sites (tertiary alicyclic amines) is 2. The third-order valence-corrected chi connectivity index (χ3v) is 6.50. The number of piperidine rings is 2. The lowest BCUT2D eigenvalue weighted by Gasteiger charge is -2.48. The molecule has 2 saturated heterocycles. The fraction of sp³-hybridized carbons (Fsp3) is 0.500. The number of halogens is 1. The second kappa shape index (κ2) is 8.12. The average molecular weight is 367 g/mol. The molecule has 2 aromatic rings. The van der Waals surface area contributed by atoms with E-state index in [1.54, 1.807) is 12.1 Å². The van der Waals surface area contributed by atoms with Crippen molar-refractivity contribution in [3.63, 3.8) is 0 Å². The Kier molecular flexibility index (Phi) is 5.60. The number of rotatable bonds is 4. The third kappa shape index (κ3) is 4.77. The zero-order valence-corrected chi connectivity index (χ0v) is 16.5. The Morgan fingerprint density at radius 3 is 2.04 bits per heavy atom. The predicted molar refractivity (Wildman–Crippen MR) is 109 cm³/mol. The summed E-state index contributed by atoms with van der Waals surface area (Å²) in [4.78, 5) is 5.21. The van der Waals surface area contributed by atoms with E-state index >= 15 is 0 Å². The topological polar surface area (TPSA) is 6.48 Å². The van der Waals surface area contributed by atoms with E-state index in [0.717, 1.165) is 26.2 Å². The first kappa shape index (κ1) is 18.6. The van der Waals surface area contributed by atoms with Crippen LogP contribution in [0.25, 0.3) is 0 Å². The highest BCUT2D eigenvalue weighted by Crippen LogP contribution is 2.40. The van der Waals surface area contributed by atoms with Crippen LogP contribution >= 0.6 is 0 Å². The zero-order valence-electron chi connectivity index (χ0n) is 16.5. The average Bonchev–Trinajstić information content (AvgIpc) is 2.68. The van der Waals surface area contributed by atoms with Crippen LogP contribution in [0, 0.1) is 18.2 Å². The molecular weight excluding hydrogens is 335 g/mol. The van der Waals surface area contributed by atoms with E-state index in [-0.39, 0.29) is 5.82 Å². The van der Waals surface area contributed by atoms with E-state index in [0.29, 0.717) is 5.41 Å². The molecule has 0 saturated carbocycles. The van der Waals surface area contributed by atoms with Gasteiger partial charge in [-0.1, -0.05) is 42.0 Å². The lowest BCUT2D eigenvalue weighted by atomic mass is 9.72. The second-order valence-electron chi connectivity index (χ2n) is 8.70.